The highest BCUT2D eigenvalue weighted by Crippen LogP contribution is 2.26. The van der Waals surface area contributed by atoms with Gasteiger partial charge >= 0.3 is 0 Å². The molecule has 0 aliphatic carbocycles. The fraction of sp³-hybridized carbons (Fsp3) is 0.600. The second kappa shape index (κ2) is 6.66. The molecule has 1 heterocycles. The normalized spacial score (nSPS) is 14.2. The van der Waals surface area contributed by atoms with Crippen molar-refractivity contribution in [1.29, 1.82) is 0 Å². The van der Waals surface area contributed by atoms with E-state index in [0.717, 1.165) is 4.47 Å². The summed E-state index contributed by atoms with van der Waals surface area (Å²) >= 11 is 3.25. The van der Waals surface area contributed by atoms with Gasteiger partial charge in [0.05, 0.1) is 22.8 Å². The SMILES string of the molecule is NC(N)CC(N)(CC(N)N)C(N)c1ncc(Br)cn1. The van der Waals surface area contributed by atoms with Crippen LogP contribution >= 0.6 is 15.9 Å². The topological polar surface area (TPSA) is 182 Å². The van der Waals surface area contributed by atoms with E-state index in [-0.39, 0.29) is 12.8 Å². The number of nitrogens with zero attached hydrogens (tertiary/aromatic N) is 2. The highest BCUT2D eigenvalue weighted by atomic mass is 79.9. The second-order valence-corrected chi connectivity index (χ2v) is 5.62. The van der Waals surface area contributed by atoms with Crippen LogP contribution in [0.1, 0.15) is 24.7 Å². The first-order chi connectivity index (χ1) is 8.74. The summed E-state index contributed by atoms with van der Waals surface area (Å²) in [5, 5.41) is 0. The molecule has 1 rings (SSSR count). The summed E-state index contributed by atoms with van der Waals surface area (Å²) in [6, 6.07) is -0.662. The Morgan fingerprint density at radius 3 is 1.79 bits per heavy atom. The van der Waals surface area contributed by atoms with Crippen molar-refractivity contribution in [2.75, 3.05) is 0 Å². The number of halogens is 1. The molecule has 0 spiro atoms. The zero-order valence-corrected chi connectivity index (χ0v) is 12.1. The van der Waals surface area contributed by atoms with Gasteiger partial charge in [0.25, 0.3) is 0 Å². The van der Waals surface area contributed by atoms with Gasteiger partial charge in [-0.2, -0.15) is 0 Å². The molecule has 0 fully saturated rings. The third-order valence-corrected chi connectivity index (χ3v) is 3.18. The molecule has 0 saturated carbocycles. The van der Waals surface area contributed by atoms with Crippen LogP contribution in [0.4, 0.5) is 0 Å². The fourth-order valence-corrected chi connectivity index (χ4v) is 2.16. The minimum atomic E-state index is -0.962. The van der Waals surface area contributed by atoms with Crippen LogP contribution in [0.25, 0.3) is 0 Å². The summed E-state index contributed by atoms with van der Waals surface area (Å²) in [5.74, 6) is 0.395. The lowest BCUT2D eigenvalue weighted by molar-refractivity contribution is 0.258. The van der Waals surface area contributed by atoms with Crippen LogP contribution in [-0.4, -0.2) is 27.8 Å². The number of nitrogens with two attached hydrogens (primary N) is 6. The summed E-state index contributed by atoms with van der Waals surface area (Å²) in [4.78, 5) is 8.27. The third-order valence-electron chi connectivity index (χ3n) is 2.77. The van der Waals surface area contributed by atoms with Crippen molar-refractivity contribution in [3.05, 3.63) is 22.7 Å². The van der Waals surface area contributed by atoms with Gasteiger partial charge in [-0.25, -0.2) is 9.97 Å². The van der Waals surface area contributed by atoms with Gasteiger partial charge in [0, 0.05) is 17.9 Å². The molecule has 1 unspecified atom stereocenters. The molecule has 0 amide bonds. The van der Waals surface area contributed by atoms with Crippen LogP contribution in [0.3, 0.4) is 0 Å². The quantitative estimate of drug-likeness (QED) is 0.330. The predicted molar refractivity (Wildman–Crippen MR) is 77.1 cm³/mol. The summed E-state index contributed by atoms with van der Waals surface area (Å²) in [6.07, 6.45) is 2.47. The molecule has 8 nitrogen and oxygen atoms in total. The molecule has 0 saturated heterocycles. The molecule has 9 heteroatoms. The maximum absolute atomic E-state index is 6.28. The third kappa shape index (κ3) is 4.73. The molecule has 12 N–H and O–H groups in total. The first-order valence-corrected chi connectivity index (χ1v) is 6.58. The Morgan fingerprint density at radius 2 is 1.42 bits per heavy atom. The number of hydrogen-bond donors (Lipinski definition) is 6. The largest absolute Gasteiger partial charge is 0.323 e. The van der Waals surface area contributed by atoms with Gasteiger partial charge in [0.2, 0.25) is 0 Å². The van der Waals surface area contributed by atoms with E-state index < -0.39 is 23.9 Å². The van der Waals surface area contributed by atoms with E-state index in [4.69, 9.17) is 34.4 Å². The smallest absolute Gasteiger partial charge is 0.146 e. The van der Waals surface area contributed by atoms with E-state index in [2.05, 4.69) is 25.9 Å². The Labute approximate surface area is 120 Å². The summed E-state index contributed by atoms with van der Waals surface area (Å²) in [7, 11) is 0. The van der Waals surface area contributed by atoms with Gasteiger partial charge in [0.1, 0.15) is 5.82 Å². The van der Waals surface area contributed by atoms with Crippen molar-refractivity contribution >= 4 is 15.9 Å². The Kier molecular flexibility index (Phi) is 5.74. The summed E-state index contributed by atoms with van der Waals surface area (Å²) in [5.41, 5.74) is 33.9. The molecular weight excluding hydrogens is 312 g/mol. The van der Waals surface area contributed by atoms with E-state index in [1.807, 2.05) is 0 Å². The van der Waals surface area contributed by atoms with Crippen LogP contribution in [0.15, 0.2) is 16.9 Å². The van der Waals surface area contributed by atoms with E-state index in [1.165, 1.54) is 0 Å². The highest BCUT2D eigenvalue weighted by molar-refractivity contribution is 9.10. The zero-order chi connectivity index (χ0) is 14.6. The molecule has 1 atom stereocenters. The summed E-state index contributed by atoms with van der Waals surface area (Å²) in [6.45, 7) is 0. The Balaban J connectivity index is 2.99. The van der Waals surface area contributed by atoms with Gasteiger partial charge in [0.15, 0.2) is 0 Å². The lowest BCUT2D eigenvalue weighted by atomic mass is 9.82. The number of rotatable bonds is 6. The predicted octanol–water partition coefficient (Wildman–Crippen LogP) is -1.80. The van der Waals surface area contributed by atoms with E-state index in [0.29, 0.717) is 5.82 Å². The first-order valence-electron chi connectivity index (χ1n) is 5.79. The average molecular weight is 333 g/mol. The summed E-state index contributed by atoms with van der Waals surface area (Å²) < 4.78 is 0.747. The van der Waals surface area contributed by atoms with Gasteiger partial charge in [-0.3, -0.25) is 0 Å². The molecule has 0 aliphatic heterocycles. The molecule has 1 aromatic rings. The van der Waals surface area contributed by atoms with Crippen LogP contribution < -0.4 is 34.4 Å². The Hall–Kier alpha value is -0.680. The van der Waals surface area contributed by atoms with E-state index >= 15 is 0 Å². The highest BCUT2D eigenvalue weighted by Gasteiger charge is 2.37. The lowest BCUT2D eigenvalue weighted by Gasteiger charge is -2.36. The minimum Gasteiger partial charge on any atom is -0.323 e. The molecular formula is C10H21BrN8. The minimum absolute atomic E-state index is 0.262. The van der Waals surface area contributed by atoms with Crippen molar-refractivity contribution in [2.45, 2.75) is 36.8 Å². The monoisotopic (exact) mass is 332 g/mol. The van der Waals surface area contributed by atoms with Gasteiger partial charge < -0.3 is 34.4 Å². The maximum Gasteiger partial charge on any atom is 0.146 e. The van der Waals surface area contributed by atoms with Crippen LogP contribution in [0.5, 0.6) is 0 Å². The number of hydrogen-bond acceptors (Lipinski definition) is 8. The van der Waals surface area contributed by atoms with Crippen LogP contribution in [0, 0.1) is 0 Å². The molecule has 0 bridgehead atoms. The molecule has 1 aromatic heterocycles. The van der Waals surface area contributed by atoms with E-state index in [1.54, 1.807) is 12.4 Å². The van der Waals surface area contributed by atoms with Crippen molar-refractivity contribution < 1.29 is 0 Å². The molecule has 0 aromatic carbocycles. The van der Waals surface area contributed by atoms with Gasteiger partial charge in [-0.1, -0.05) is 0 Å². The molecule has 0 aliphatic rings. The van der Waals surface area contributed by atoms with Crippen molar-refractivity contribution in [3.8, 4) is 0 Å². The maximum atomic E-state index is 6.28. The Morgan fingerprint density at radius 1 is 1.00 bits per heavy atom. The first kappa shape index (κ1) is 16.4. The average Bonchev–Trinajstić information content (AvgIpc) is 2.26. The Bertz CT molecular complexity index is 383. The van der Waals surface area contributed by atoms with E-state index in [9.17, 15) is 0 Å². The van der Waals surface area contributed by atoms with Gasteiger partial charge in [-0.15, -0.1) is 0 Å². The molecule has 19 heavy (non-hydrogen) atoms. The van der Waals surface area contributed by atoms with Crippen molar-refractivity contribution in [2.24, 2.45) is 34.4 Å². The van der Waals surface area contributed by atoms with Crippen LogP contribution in [-0.2, 0) is 0 Å². The standard InChI is InChI=1S/C10H21BrN8/c11-5-3-18-9(19-4-5)8(16)10(17,1-6(12)13)2-7(14)15/h3-4,6-8H,1-2,12-17H2. The van der Waals surface area contributed by atoms with Crippen molar-refractivity contribution in [1.82, 2.24) is 9.97 Å². The zero-order valence-electron chi connectivity index (χ0n) is 10.5. The molecule has 108 valence electrons. The fourth-order valence-electron chi connectivity index (χ4n) is 1.95. The second-order valence-electron chi connectivity index (χ2n) is 4.71. The van der Waals surface area contributed by atoms with Crippen LogP contribution in [0.2, 0.25) is 0 Å². The van der Waals surface area contributed by atoms with Crippen molar-refractivity contribution in [3.63, 3.8) is 0 Å². The molecule has 0 radical (unpaired) electrons. The number of aromatic nitrogens is 2. The lowest BCUT2D eigenvalue weighted by Crippen LogP contribution is -2.58. The van der Waals surface area contributed by atoms with Gasteiger partial charge in [-0.05, 0) is 28.8 Å².